The molecule has 1 aliphatic heterocycles. The zero-order valence-corrected chi connectivity index (χ0v) is 16.8. The molecule has 0 saturated carbocycles. The van der Waals surface area contributed by atoms with Gasteiger partial charge in [0.15, 0.2) is 0 Å². The summed E-state index contributed by atoms with van der Waals surface area (Å²) in [5.41, 5.74) is 1.71. The number of carbonyl (C=O) groups is 3. The first-order valence-electron chi connectivity index (χ1n) is 9.66. The van der Waals surface area contributed by atoms with Crippen molar-refractivity contribution in [1.29, 1.82) is 0 Å². The summed E-state index contributed by atoms with van der Waals surface area (Å²) in [7, 11) is 1.20. The standard InChI is InChI=1S/C24H20N2O5/c1-30-22(27)14-26-23(28)20(25-24(26)29)13-19-8-4-5-9-21(19)31-15-16-10-11-17-6-2-3-7-18(17)12-16/h2-13H,14-15H2,1H3,(H,25,29). The summed E-state index contributed by atoms with van der Waals surface area (Å²) in [4.78, 5) is 36.8. The molecular formula is C24H20N2O5. The number of hydrogen-bond donors (Lipinski definition) is 1. The maximum absolute atomic E-state index is 12.5. The monoisotopic (exact) mass is 416 g/mol. The van der Waals surface area contributed by atoms with Gasteiger partial charge in [-0.3, -0.25) is 9.59 Å². The second kappa shape index (κ2) is 8.71. The summed E-state index contributed by atoms with van der Waals surface area (Å²) in [6.45, 7) is -0.0988. The van der Waals surface area contributed by atoms with Crippen molar-refractivity contribution in [3.05, 3.63) is 83.6 Å². The number of nitrogens with zero attached hydrogens (tertiary/aromatic N) is 1. The van der Waals surface area contributed by atoms with Gasteiger partial charge < -0.3 is 14.8 Å². The third-order valence-electron chi connectivity index (χ3n) is 4.90. The van der Waals surface area contributed by atoms with Gasteiger partial charge in [-0.1, -0.05) is 54.6 Å². The topological polar surface area (TPSA) is 84.9 Å². The van der Waals surface area contributed by atoms with Crippen LogP contribution in [0.2, 0.25) is 0 Å². The Morgan fingerprint density at radius 3 is 2.55 bits per heavy atom. The summed E-state index contributed by atoms with van der Waals surface area (Å²) < 4.78 is 10.5. The molecule has 0 radical (unpaired) electrons. The minimum absolute atomic E-state index is 0.0654. The van der Waals surface area contributed by atoms with Crippen LogP contribution in [0, 0.1) is 0 Å². The summed E-state index contributed by atoms with van der Waals surface area (Å²) in [6.07, 6.45) is 1.53. The number of amides is 3. The highest BCUT2D eigenvalue weighted by Gasteiger charge is 2.35. The fourth-order valence-electron chi connectivity index (χ4n) is 3.29. The Morgan fingerprint density at radius 2 is 1.74 bits per heavy atom. The lowest BCUT2D eigenvalue weighted by Crippen LogP contribution is -2.36. The molecule has 156 valence electrons. The number of ether oxygens (including phenoxy) is 2. The number of hydrogen-bond acceptors (Lipinski definition) is 5. The lowest BCUT2D eigenvalue weighted by Gasteiger charge is -2.11. The summed E-state index contributed by atoms with van der Waals surface area (Å²) in [6, 6.07) is 20.8. The quantitative estimate of drug-likeness (QED) is 0.378. The van der Waals surface area contributed by atoms with Crippen LogP contribution in [0.3, 0.4) is 0 Å². The van der Waals surface area contributed by atoms with Gasteiger partial charge in [0.05, 0.1) is 7.11 Å². The molecule has 1 saturated heterocycles. The van der Waals surface area contributed by atoms with Crippen molar-refractivity contribution in [3.63, 3.8) is 0 Å². The van der Waals surface area contributed by atoms with Crippen LogP contribution in [0.4, 0.5) is 4.79 Å². The second-order valence-corrected chi connectivity index (χ2v) is 6.96. The fourth-order valence-corrected chi connectivity index (χ4v) is 3.29. The smallest absolute Gasteiger partial charge is 0.329 e. The number of methoxy groups -OCH3 is 1. The molecule has 1 fully saturated rings. The molecule has 7 heteroatoms. The average Bonchev–Trinajstić information content (AvgIpc) is 3.05. The Morgan fingerprint density at radius 1 is 1.00 bits per heavy atom. The van der Waals surface area contributed by atoms with Crippen LogP contribution in [0.5, 0.6) is 5.75 Å². The first-order valence-corrected chi connectivity index (χ1v) is 9.66. The van der Waals surface area contributed by atoms with Crippen molar-refractivity contribution in [1.82, 2.24) is 10.2 Å². The van der Waals surface area contributed by atoms with E-state index in [2.05, 4.69) is 22.2 Å². The Bertz CT molecular complexity index is 1200. The molecule has 1 N–H and O–H groups in total. The van der Waals surface area contributed by atoms with Gasteiger partial charge in [-0.25, -0.2) is 9.69 Å². The number of fused-ring (bicyclic) bond motifs is 1. The molecule has 0 spiro atoms. The number of imide groups is 1. The van der Waals surface area contributed by atoms with Gasteiger partial charge in [-0.05, 0) is 34.5 Å². The number of urea groups is 1. The minimum Gasteiger partial charge on any atom is -0.488 e. The SMILES string of the molecule is COC(=O)CN1C(=O)NC(=Cc2ccccc2OCc2ccc3ccccc3c2)C1=O. The van der Waals surface area contributed by atoms with Crippen molar-refractivity contribution < 1.29 is 23.9 Å². The summed E-state index contributed by atoms with van der Waals surface area (Å²) in [5.74, 6) is -0.708. The van der Waals surface area contributed by atoms with E-state index in [1.54, 1.807) is 12.1 Å². The minimum atomic E-state index is -0.677. The predicted molar refractivity (Wildman–Crippen MR) is 115 cm³/mol. The van der Waals surface area contributed by atoms with Crippen molar-refractivity contribution in [2.75, 3.05) is 13.7 Å². The molecule has 0 unspecified atom stereocenters. The van der Waals surface area contributed by atoms with Crippen LogP contribution in [-0.2, 0) is 20.9 Å². The summed E-state index contributed by atoms with van der Waals surface area (Å²) in [5, 5.41) is 4.77. The molecule has 0 aliphatic carbocycles. The molecule has 3 aromatic rings. The maximum Gasteiger partial charge on any atom is 0.329 e. The van der Waals surface area contributed by atoms with Gasteiger partial charge >= 0.3 is 12.0 Å². The van der Waals surface area contributed by atoms with Crippen molar-refractivity contribution in [2.45, 2.75) is 6.61 Å². The molecule has 31 heavy (non-hydrogen) atoms. The van der Waals surface area contributed by atoms with E-state index in [9.17, 15) is 14.4 Å². The maximum atomic E-state index is 12.5. The third-order valence-corrected chi connectivity index (χ3v) is 4.90. The number of para-hydroxylation sites is 1. The Hall–Kier alpha value is -4.13. The van der Waals surface area contributed by atoms with Crippen LogP contribution in [0.1, 0.15) is 11.1 Å². The lowest BCUT2D eigenvalue weighted by molar-refractivity contribution is -0.143. The predicted octanol–water partition coefficient (Wildman–Crippen LogP) is 3.48. The highest BCUT2D eigenvalue weighted by molar-refractivity contribution is 6.15. The van der Waals surface area contributed by atoms with Crippen LogP contribution in [0.15, 0.2) is 72.4 Å². The largest absolute Gasteiger partial charge is 0.488 e. The van der Waals surface area contributed by atoms with E-state index in [-0.39, 0.29) is 5.70 Å². The second-order valence-electron chi connectivity index (χ2n) is 6.96. The van der Waals surface area contributed by atoms with Crippen molar-refractivity contribution >= 4 is 34.8 Å². The number of rotatable bonds is 6. The van der Waals surface area contributed by atoms with E-state index in [1.807, 2.05) is 42.5 Å². The van der Waals surface area contributed by atoms with Crippen LogP contribution in [0.25, 0.3) is 16.8 Å². The van der Waals surface area contributed by atoms with E-state index in [4.69, 9.17) is 4.74 Å². The van der Waals surface area contributed by atoms with Gasteiger partial charge in [-0.2, -0.15) is 0 Å². The number of carbonyl (C=O) groups excluding carboxylic acids is 3. The highest BCUT2D eigenvalue weighted by Crippen LogP contribution is 2.24. The molecule has 1 aliphatic rings. The van der Waals surface area contributed by atoms with Gasteiger partial charge in [0, 0.05) is 5.56 Å². The average molecular weight is 416 g/mol. The van der Waals surface area contributed by atoms with Gasteiger partial charge in [-0.15, -0.1) is 0 Å². The highest BCUT2D eigenvalue weighted by atomic mass is 16.5. The normalized spacial score (nSPS) is 14.7. The van der Waals surface area contributed by atoms with Gasteiger partial charge in [0.1, 0.15) is 24.6 Å². The van der Waals surface area contributed by atoms with E-state index in [0.717, 1.165) is 21.2 Å². The summed E-state index contributed by atoms with van der Waals surface area (Å²) >= 11 is 0. The zero-order valence-electron chi connectivity index (χ0n) is 16.8. The Balaban J connectivity index is 1.52. The first kappa shape index (κ1) is 20.2. The van der Waals surface area contributed by atoms with Crippen LogP contribution in [-0.4, -0.2) is 36.5 Å². The van der Waals surface area contributed by atoms with E-state index < -0.39 is 24.5 Å². The van der Waals surface area contributed by atoms with Crippen LogP contribution >= 0.6 is 0 Å². The molecule has 0 atom stereocenters. The lowest BCUT2D eigenvalue weighted by atomic mass is 10.1. The fraction of sp³-hybridized carbons (Fsp3) is 0.125. The third kappa shape index (κ3) is 4.40. The van der Waals surface area contributed by atoms with Crippen molar-refractivity contribution in [2.24, 2.45) is 0 Å². The molecule has 3 amide bonds. The molecule has 1 heterocycles. The molecule has 7 nitrogen and oxygen atoms in total. The number of esters is 1. The van der Waals surface area contributed by atoms with Crippen LogP contribution < -0.4 is 10.1 Å². The number of benzene rings is 3. The Labute approximate surface area is 178 Å². The first-order chi connectivity index (χ1) is 15.0. The van der Waals surface area contributed by atoms with E-state index in [0.29, 0.717) is 17.9 Å². The molecule has 4 rings (SSSR count). The molecule has 0 aromatic heterocycles. The van der Waals surface area contributed by atoms with E-state index in [1.165, 1.54) is 13.2 Å². The number of nitrogens with one attached hydrogen (secondary N) is 1. The molecule has 0 bridgehead atoms. The van der Waals surface area contributed by atoms with Gasteiger partial charge in [0.25, 0.3) is 5.91 Å². The van der Waals surface area contributed by atoms with E-state index >= 15 is 0 Å². The molecular weight excluding hydrogens is 396 g/mol. The Kier molecular flexibility index (Phi) is 5.66. The van der Waals surface area contributed by atoms with Gasteiger partial charge in [0.2, 0.25) is 0 Å². The molecule has 3 aromatic carbocycles. The zero-order chi connectivity index (χ0) is 21.8. The van der Waals surface area contributed by atoms with Crippen molar-refractivity contribution in [3.8, 4) is 5.75 Å².